The fraction of sp³-hybridized carbons (Fsp3) is 0. The first-order chi connectivity index (χ1) is 13.9. The SMILES string of the molecule is N#Cn1c2ccccc2c2cccc(-c3cccc4c3[nH]c3ccccc34)c21. The normalized spacial score (nSPS) is 11.5. The lowest BCUT2D eigenvalue weighted by atomic mass is 9.99. The number of nitriles is 1. The van der Waals surface area contributed by atoms with Gasteiger partial charge in [-0.15, -0.1) is 0 Å². The Labute approximate surface area is 161 Å². The number of aromatic amines is 1. The molecule has 0 aliphatic rings. The molecule has 4 aromatic carbocycles. The van der Waals surface area contributed by atoms with Crippen LogP contribution in [0.2, 0.25) is 0 Å². The molecule has 1 N–H and O–H groups in total. The fourth-order valence-corrected chi connectivity index (χ4v) is 4.44. The molecule has 130 valence electrons. The van der Waals surface area contributed by atoms with Gasteiger partial charge in [-0.3, -0.25) is 0 Å². The van der Waals surface area contributed by atoms with E-state index in [1.54, 1.807) is 4.57 Å². The zero-order chi connectivity index (χ0) is 18.7. The van der Waals surface area contributed by atoms with Crippen LogP contribution in [0.15, 0.2) is 84.9 Å². The van der Waals surface area contributed by atoms with Gasteiger partial charge in [0, 0.05) is 38.2 Å². The maximum absolute atomic E-state index is 9.93. The molecule has 0 aliphatic heterocycles. The highest BCUT2D eigenvalue weighted by Crippen LogP contribution is 2.39. The van der Waals surface area contributed by atoms with Crippen molar-refractivity contribution in [3.63, 3.8) is 0 Å². The van der Waals surface area contributed by atoms with Gasteiger partial charge in [-0.05, 0) is 12.1 Å². The predicted molar refractivity (Wildman–Crippen MR) is 115 cm³/mol. The average molecular weight is 357 g/mol. The van der Waals surface area contributed by atoms with Gasteiger partial charge in [-0.1, -0.05) is 72.8 Å². The molecule has 0 aliphatic carbocycles. The van der Waals surface area contributed by atoms with E-state index in [1.807, 2.05) is 24.3 Å². The minimum atomic E-state index is 0.941. The van der Waals surface area contributed by atoms with E-state index < -0.39 is 0 Å². The van der Waals surface area contributed by atoms with Gasteiger partial charge in [0.25, 0.3) is 0 Å². The monoisotopic (exact) mass is 357 g/mol. The number of fused-ring (bicyclic) bond motifs is 6. The number of para-hydroxylation sites is 4. The van der Waals surface area contributed by atoms with Crippen LogP contribution >= 0.6 is 0 Å². The van der Waals surface area contributed by atoms with Crippen LogP contribution in [-0.4, -0.2) is 9.55 Å². The van der Waals surface area contributed by atoms with Gasteiger partial charge >= 0.3 is 0 Å². The van der Waals surface area contributed by atoms with E-state index in [1.165, 1.54) is 10.8 Å². The van der Waals surface area contributed by atoms with E-state index in [0.29, 0.717) is 0 Å². The summed E-state index contributed by atoms with van der Waals surface area (Å²) in [6.45, 7) is 0. The van der Waals surface area contributed by atoms with Crippen LogP contribution in [0, 0.1) is 11.5 Å². The summed E-state index contributed by atoms with van der Waals surface area (Å²) in [7, 11) is 0. The van der Waals surface area contributed by atoms with Gasteiger partial charge < -0.3 is 4.98 Å². The van der Waals surface area contributed by atoms with Crippen LogP contribution in [0.4, 0.5) is 0 Å². The van der Waals surface area contributed by atoms with Gasteiger partial charge in [-0.25, -0.2) is 4.57 Å². The summed E-state index contributed by atoms with van der Waals surface area (Å²) < 4.78 is 1.75. The number of nitrogens with one attached hydrogen (secondary N) is 1. The lowest BCUT2D eigenvalue weighted by Gasteiger charge is -2.07. The Morgan fingerprint density at radius 1 is 0.643 bits per heavy atom. The van der Waals surface area contributed by atoms with Crippen LogP contribution in [0.5, 0.6) is 0 Å². The van der Waals surface area contributed by atoms with E-state index in [-0.39, 0.29) is 0 Å². The van der Waals surface area contributed by atoms with Gasteiger partial charge in [0.15, 0.2) is 6.19 Å². The lowest BCUT2D eigenvalue weighted by Crippen LogP contribution is -1.90. The van der Waals surface area contributed by atoms with Crippen LogP contribution in [0.3, 0.4) is 0 Å². The number of nitrogens with zero attached hydrogens (tertiary/aromatic N) is 2. The van der Waals surface area contributed by atoms with E-state index in [4.69, 9.17) is 0 Å². The van der Waals surface area contributed by atoms with Crippen LogP contribution < -0.4 is 0 Å². The third-order valence-electron chi connectivity index (χ3n) is 5.63. The summed E-state index contributed by atoms with van der Waals surface area (Å²) >= 11 is 0. The number of hydrogen-bond donors (Lipinski definition) is 1. The van der Waals surface area contributed by atoms with Crippen molar-refractivity contribution in [2.75, 3.05) is 0 Å². The van der Waals surface area contributed by atoms with Crippen molar-refractivity contribution >= 4 is 43.6 Å². The Balaban J connectivity index is 1.81. The quantitative estimate of drug-likeness (QED) is 0.362. The molecule has 6 aromatic rings. The van der Waals surface area contributed by atoms with Gasteiger partial charge in [0.05, 0.1) is 16.6 Å². The van der Waals surface area contributed by atoms with Crippen molar-refractivity contribution in [1.82, 2.24) is 9.55 Å². The summed E-state index contributed by atoms with van der Waals surface area (Å²) in [6.07, 6.45) is 2.38. The lowest BCUT2D eigenvalue weighted by molar-refractivity contribution is 1.20. The topological polar surface area (TPSA) is 44.5 Å². The molecule has 3 nitrogen and oxygen atoms in total. The van der Waals surface area contributed by atoms with Crippen LogP contribution in [0.1, 0.15) is 0 Å². The Morgan fingerprint density at radius 2 is 1.32 bits per heavy atom. The summed E-state index contributed by atoms with van der Waals surface area (Å²) in [5.41, 5.74) is 6.29. The molecular formula is C25H15N3. The molecule has 6 rings (SSSR count). The van der Waals surface area contributed by atoms with Crippen molar-refractivity contribution in [1.29, 1.82) is 5.26 Å². The second kappa shape index (κ2) is 5.48. The first kappa shape index (κ1) is 15.1. The molecule has 3 heteroatoms. The molecular weight excluding hydrogens is 342 g/mol. The Morgan fingerprint density at radius 3 is 2.18 bits per heavy atom. The zero-order valence-corrected chi connectivity index (χ0v) is 15.0. The largest absolute Gasteiger partial charge is 0.354 e. The summed E-state index contributed by atoms with van der Waals surface area (Å²) in [5, 5.41) is 14.5. The number of H-pyrrole nitrogens is 1. The maximum atomic E-state index is 9.93. The van der Waals surface area contributed by atoms with Crippen LogP contribution in [0.25, 0.3) is 54.7 Å². The third-order valence-corrected chi connectivity index (χ3v) is 5.63. The standard InChI is InChI=1S/C25H15N3/c26-15-28-23-14-4-2-8-17(23)20-11-6-12-21(25(20)28)19-10-5-9-18-16-7-1-3-13-22(16)27-24(18)19/h1-14,27H. The van der Waals surface area contributed by atoms with Crippen molar-refractivity contribution in [2.45, 2.75) is 0 Å². The fourth-order valence-electron chi connectivity index (χ4n) is 4.44. The van der Waals surface area contributed by atoms with Crippen molar-refractivity contribution in [3.8, 4) is 17.3 Å². The molecule has 0 amide bonds. The first-order valence-electron chi connectivity index (χ1n) is 9.29. The highest BCUT2D eigenvalue weighted by atomic mass is 15.0. The van der Waals surface area contributed by atoms with E-state index in [9.17, 15) is 5.26 Å². The summed E-state index contributed by atoms with van der Waals surface area (Å²) in [5.74, 6) is 0. The van der Waals surface area contributed by atoms with Crippen molar-refractivity contribution in [2.24, 2.45) is 0 Å². The molecule has 2 aromatic heterocycles. The van der Waals surface area contributed by atoms with E-state index >= 15 is 0 Å². The second-order valence-corrected chi connectivity index (χ2v) is 7.05. The summed E-state index contributed by atoms with van der Waals surface area (Å²) in [4.78, 5) is 3.59. The number of benzene rings is 4. The number of rotatable bonds is 1. The van der Waals surface area contributed by atoms with Crippen LogP contribution in [-0.2, 0) is 0 Å². The van der Waals surface area contributed by atoms with E-state index in [2.05, 4.69) is 71.8 Å². The Bertz CT molecular complexity index is 1570. The van der Waals surface area contributed by atoms with Gasteiger partial charge in [-0.2, -0.15) is 5.26 Å². The molecule has 0 radical (unpaired) electrons. The van der Waals surface area contributed by atoms with Crippen molar-refractivity contribution in [3.05, 3.63) is 84.9 Å². The molecule has 0 unspecified atom stereocenters. The molecule has 28 heavy (non-hydrogen) atoms. The minimum absolute atomic E-state index is 0.941. The van der Waals surface area contributed by atoms with E-state index in [0.717, 1.165) is 44.0 Å². The van der Waals surface area contributed by atoms with Gasteiger partial charge in [0.2, 0.25) is 0 Å². The molecule has 0 bridgehead atoms. The number of hydrogen-bond acceptors (Lipinski definition) is 1. The smallest absolute Gasteiger partial charge is 0.189 e. The average Bonchev–Trinajstić information content (AvgIpc) is 3.29. The minimum Gasteiger partial charge on any atom is -0.354 e. The predicted octanol–water partition coefficient (Wildman–Crippen LogP) is 6.43. The molecule has 0 atom stereocenters. The Kier molecular flexibility index (Phi) is 2.95. The maximum Gasteiger partial charge on any atom is 0.189 e. The molecule has 0 saturated heterocycles. The number of aromatic nitrogens is 2. The highest BCUT2D eigenvalue weighted by molar-refractivity contribution is 6.17. The molecule has 2 heterocycles. The third kappa shape index (κ3) is 1.87. The van der Waals surface area contributed by atoms with Gasteiger partial charge in [0.1, 0.15) is 0 Å². The Hall–Kier alpha value is -4.03. The highest BCUT2D eigenvalue weighted by Gasteiger charge is 2.17. The zero-order valence-electron chi connectivity index (χ0n) is 15.0. The first-order valence-corrected chi connectivity index (χ1v) is 9.29. The van der Waals surface area contributed by atoms with Crippen molar-refractivity contribution < 1.29 is 0 Å². The summed E-state index contributed by atoms with van der Waals surface area (Å²) in [6, 6.07) is 29.1. The molecule has 0 saturated carbocycles. The molecule has 0 fully saturated rings. The second-order valence-electron chi connectivity index (χ2n) is 7.05. The molecule has 0 spiro atoms.